The molecular weight excluding hydrogens is 597 g/mol. The first-order chi connectivity index (χ1) is 20.0. The summed E-state index contributed by atoms with van der Waals surface area (Å²) >= 11 is 15.5. The quantitative estimate of drug-likeness (QED) is 0.188. The van der Waals surface area contributed by atoms with Gasteiger partial charge >= 0.3 is 0 Å². The summed E-state index contributed by atoms with van der Waals surface area (Å²) in [5.74, 6) is 1.18. The minimum absolute atomic E-state index is 0.0418. The number of carbonyl (C=O) groups excluding carboxylic acids is 1. The van der Waals surface area contributed by atoms with E-state index in [0.29, 0.717) is 45.6 Å². The van der Waals surface area contributed by atoms with Crippen LogP contribution >= 0.6 is 46.3 Å². The number of anilines is 1. The summed E-state index contributed by atoms with van der Waals surface area (Å²) in [6.07, 6.45) is 3.49. The zero-order valence-corrected chi connectivity index (χ0v) is 25.2. The van der Waals surface area contributed by atoms with Gasteiger partial charge in [0.1, 0.15) is 10.7 Å². The number of pyridine rings is 1. The van der Waals surface area contributed by atoms with Crippen molar-refractivity contribution in [3.8, 4) is 17.1 Å². The molecule has 8 nitrogen and oxygen atoms in total. The van der Waals surface area contributed by atoms with Gasteiger partial charge in [-0.25, -0.2) is 4.98 Å². The van der Waals surface area contributed by atoms with Gasteiger partial charge in [0.25, 0.3) is 5.91 Å². The molecule has 0 N–H and O–H groups in total. The van der Waals surface area contributed by atoms with Crippen LogP contribution in [-0.4, -0.2) is 61.7 Å². The molecule has 0 unspecified atom stereocenters. The predicted molar refractivity (Wildman–Crippen MR) is 166 cm³/mol. The van der Waals surface area contributed by atoms with Gasteiger partial charge in [0.2, 0.25) is 0 Å². The van der Waals surface area contributed by atoms with Gasteiger partial charge in [-0.05, 0) is 55.0 Å². The van der Waals surface area contributed by atoms with Crippen molar-refractivity contribution in [2.24, 2.45) is 0 Å². The Balaban J connectivity index is 1.16. The number of piperazine rings is 1. The van der Waals surface area contributed by atoms with Crippen molar-refractivity contribution in [1.29, 1.82) is 0 Å². The van der Waals surface area contributed by atoms with Crippen molar-refractivity contribution in [3.05, 3.63) is 98.7 Å². The maximum absolute atomic E-state index is 13.2. The molecule has 1 saturated heterocycles. The normalized spacial score (nSPS) is 13.5. The minimum atomic E-state index is -0.0418. The highest BCUT2D eigenvalue weighted by Crippen LogP contribution is 2.32. The second kappa shape index (κ2) is 12.2. The van der Waals surface area contributed by atoms with E-state index in [0.717, 1.165) is 40.6 Å². The van der Waals surface area contributed by atoms with Crippen LogP contribution in [0.2, 0.25) is 10.0 Å². The van der Waals surface area contributed by atoms with E-state index in [-0.39, 0.29) is 5.91 Å². The topological polar surface area (TPSA) is 80.0 Å². The Kier molecular flexibility index (Phi) is 8.25. The number of amides is 1. The highest BCUT2D eigenvalue weighted by molar-refractivity contribution is 7.98. The second-order valence-corrected chi connectivity index (χ2v) is 12.2. The number of rotatable bonds is 7. The van der Waals surface area contributed by atoms with Crippen LogP contribution in [0, 0.1) is 6.92 Å². The van der Waals surface area contributed by atoms with Gasteiger partial charge in [-0.3, -0.25) is 14.3 Å². The van der Waals surface area contributed by atoms with Crippen molar-refractivity contribution >= 4 is 57.9 Å². The Morgan fingerprint density at radius 1 is 1.00 bits per heavy atom. The fourth-order valence-electron chi connectivity index (χ4n) is 4.69. The molecule has 0 bridgehead atoms. The molecule has 1 aliphatic rings. The molecule has 6 rings (SSSR count). The van der Waals surface area contributed by atoms with Gasteiger partial charge in [-0.2, -0.15) is 0 Å². The Bertz CT molecular complexity index is 1680. The molecule has 0 radical (unpaired) electrons. The Morgan fingerprint density at radius 3 is 2.61 bits per heavy atom. The molecule has 0 aliphatic carbocycles. The number of thiazole rings is 1. The first-order valence-electron chi connectivity index (χ1n) is 13.0. The number of aromatic nitrogens is 5. The monoisotopic (exact) mass is 621 g/mol. The molecule has 1 amide bonds. The van der Waals surface area contributed by atoms with E-state index in [1.165, 1.54) is 23.1 Å². The third kappa shape index (κ3) is 6.11. The van der Waals surface area contributed by atoms with Gasteiger partial charge in [0.15, 0.2) is 11.0 Å². The summed E-state index contributed by atoms with van der Waals surface area (Å²) in [5.41, 5.74) is 4.34. The van der Waals surface area contributed by atoms with Crippen LogP contribution in [0.4, 0.5) is 5.69 Å². The fourth-order valence-corrected chi connectivity index (χ4v) is 6.77. The van der Waals surface area contributed by atoms with E-state index < -0.39 is 0 Å². The molecule has 208 valence electrons. The summed E-state index contributed by atoms with van der Waals surface area (Å²) in [5, 5.41) is 13.7. The van der Waals surface area contributed by atoms with E-state index in [4.69, 9.17) is 23.2 Å². The lowest BCUT2D eigenvalue weighted by Gasteiger charge is -2.35. The maximum atomic E-state index is 13.2. The Labute approximate surface area is 256 Å². The molecular formula is C29H25Cl2N7OS2. The van der Waals surface area contributed by atoms with Crippen LogP contribution in [0.25, 0.3) is 17.1 Å². The number of benzene rings is 2. The van der Waals surface area contributed by atoms with E-state index in [1.54, 1.807) is 12.4 Å². The second-order valence-electron chi connectivity index (χ2n) is 9.49. The standard InChI is InChI=1S/C29H25Cl2N7OS2/c1-19-7-8-22(31)15-25(19)38-27(20-4-3-9-32-16-20)34-35-29(38)41-18-26-33-24(17-40-26)28(39)37-12-10-36(11-13-37)23-6-2-5-21(30)14-23/h2-9,14-17H,10-13,18H2,1H3. The van der Waals surface area contributed by atoms with Crippen LogP contribution in [0.5, 0.6) is 0 Å². The van der Waals surface area contributed by atoms with Crippen LogP contribution in [0.3, 0.4) is 0 Å². The minimum Gasteiger partial charge on any atom is -0.368 e. The molecule has 2 aromatic carbocycles. The number of aryl methyl sites for hydroxylation is 1. The highest BCUT2D eigenvalue weighted by Gasteiger charge is 2.25. The van der Waals surface area contributed by atoms with E-state index in [2.05, 4.69) is 25.1 Å². The van der Waals surface area contributed by atoms with Crippen molar-refractivity contribution in [2.75, 3.05) is 31.1 Å². The van der Waals surface area contributed by atoms with Gasteiger partial charge in [-0.15, -0.1) is 21.5 Å². The zero-order valence-electron chi connectivity index (χ0n) is 22.1. The van der Waals surface area contributed by atoms with Crippen molar-refractivity contribution in [3.63, 3.8) is 0 Å². The zero-order chi connectivity index (χ0) is 28.3. The number of hydrogen-bond donors (Lipinski definition) is 0. The average Bonchev–Trinajstić information content (AvgIpc) is 3.65. The van der Waals surface area contributed by atoms with Crippen molar-refractivity contribution < 1.29 is 4.79 Å². The maximum Gasteiger partial charge on any atom is 0.273 e. The SMILES string of the molecule is Cc1ccc(Cl)cc1-n1c(SCc2nc(C(=O)N3CCN(c4cccc(Cl)c4)CC3)cs2)nnc1-c1cccnc1. The summed E-state index contributed by atoms with van der Waals surface area (Å²) in [6.45, 7) is 4.78. The third-order valence-electron chi connectivity index (χ3n) is 6.80. The van der Waals surface area contributed by atoms with Crippen LogP contribution in [0.1, 0.15) is 21.1 Å². The summed E-state index contributed by atoms with van der Waals surface area (Å²) in [6, 6.07) is 17.4. The van der Waals surface area contributed by atoms with E-state index in [1.807, 2.05) is 76.4 Å². The third-order valence-corrected chi connectivity index (χ3v) is 9.24. The number of halogens is 2. The van der Waals surface area contributed by atoms with Gasteiger partial charge in [0, 0.05) is 65.2 Å². The van der Waals surface area contributed by atoms with Gasteiger partial charge < -0.3 is 9.80 Å². The Hall–Kier alpha value is -3.44. The molecule has 41 heavy (non-hydrogen) atoms. The highest BCUT2D eigenvalue weighted by atomic mass is 35.5. The van der Waals surface area contributed by atoms with Crippen molar-refractivity contribution in [2.45, 2.75) is 17.8 Å². The van der Waals surface area contributed by atoms with Gasteiger partial charge in [-0.1, -0.05) is 47.1 Å². The summed E-state index contributed by atoms with van der Waals surface area (Å²) < 4.78 is 2.00. The van der Waals surface area contributed by atoms with Crippen LogP contribution in [0.15, 0.2) is 77.5 Å². The first-order valence-corrected chi connectivity index (χ1v) is 15.6. The average molecular weight is 623 g/mol. The lowest BCUT2D eigenvalue weighted by molar-refractivity contribution is 0.0741. The molecule has 5 aromatic rings. The fraction of sp³-hybridized carbons (Fsp3) is 0.207. The number of nitrogens with zero attached hydrogens (tertiary/aromatic N) is 7. The van der Waals surface area contributed by atoms with Gasteiger partial charge in [0.05, 0.1) is 11.4 Å². The molecule has 1 aliphatic heterocycles. The predicted octanol–water partition coefficient (Wildman–Crippen LogP) is 6.66. The number of thioether (sulfide) groups is 1. The lowest BCUT2D eigenvalue weighted by Crippen LogP contribution is -2.48. The lowest BCUT2D eigenvalue weighted by atomic mass is 10.2. The molecule has 1 fully saturated rings. The molecule has 12 heteroatoms. The molecule has 3 aromatic heterocycles. The number of carbonyl (C=O) groups is 1. The van der Waals surface area contributed by atoms with Crippen LogP contribution in [-0.2, 0) is 5.75 Å². The first kappa shape index (κ1) is 27.7. The summed E-state index contributed by atoms with van der Waals surface area (Å²) in [4.78, 5) is 26.3. The van der Waals surface area contributed by atoms with E-state index in [9.17, 15) is 4.79 Å². The molecule has 0 spiro atoms. The smallest absolute Gasteiger partial charge is 0.273 e. The van der Waals surface area contributed by atoms with Crippen LogP contribution < -0.4 is 4.90 Å². The van der Waals surface area contributed by atoms with E-state index >= 15 is 0 Å². The molecule has 0 atom stereocenters. The molecule has 0 saturated carbocycles. The van der Waals surface area contributed by atoms with Crippen molar-refractivity contribution in [1.82, 2.24) is 29.6 Å². The largest absolute Gasteiger partial charge is 0.368 e. The number of hydrogen-bond acceptors (Lipinski definition) is 8. The molecule has 4 heterocycles. The Morgan fingerprint density at radius 2 is 1.83 bits per heavy atom. The summed E-state index contributed by atoms with van der Waals surface area (Å²) in [7, 11) is 0.